The Morgan fingerprint density at radius 3 is 2.48 bits per heavy atom. The highest BCUT2D eigenvalue weighted by atomic mass is 16.5. The van der Waals surface area contributed by atoms with E-state index in [0.717, 1.165) is 0 Å². The van der Waals surface area contributed by atoms with Crippen LogP contribution in [0.1, 0.15) is 30.1 Å². The second-order valence-electron chi connectivity index (χ2n) is 5.23. The van der Waals surface area contributed by atoms with Gasteiger partial charge in [0, 0.05) is 11.9 Å². The Morgan fingerprint density at radius 2 is 1.83 bits per heavy atom. The number of carboxylic acids is 1. The van der Waals surface area contributed by atoms with Crippen LogP contribution in [0.5, 0.6) is 0 Å². The van der Waals surface area contributed by atoms with Crippen LogP contribution < -0.4 is 10.4 Å². The first kappa shape index (κ1) is 16.7. The highest BCUT2D eigenvalue weighted by Gasteiger charge is 2.30. The van der Waals surface area contributed by atoms with E-state index in [1.54, 1.807) is 43.3 Å². The van der Waals surface area contributed by atoms with Crippen molar-refractivity contribution in [3.05, 3.63) is 42.0 Å². The maximum absolute atomic E-state index is 12.4. The standard InChI is InChI=1S/C17H19NO5/c1-2-23-17(22)13-9-5-6-10-14(13)18-15(19)11-7-3-4-8-12(11)16(20)21/h3-6,9-12H,2,7-8H2,1H3,(H,18,19)(H,20,21)/p-1/t11-,12-/m1/s1. The van der Waals surface area contributed by atoms with Gasteiger partial charge in [0.2, 0.25) is 5.91 Å². The number of para-hydroxylation sites is 1. The van der Waals surface area contributed by atoms with Crippen LogP contribution in [-0.2, 0) is 14.3 Å². The molecule has 1 amide bonds. The number of ether oxygens (including phenoxy) is 1. The van der Waals surface area contributed by atoms with Crippen LogP contribution in [-0.4, -0.2) is 24.5 Å². The lowest BCUT2D eigenvalue weighted by atomic mass is 9.82. The number of amides is 1. The molecule has 0 bridgehead atoms. The molecule has 0 saturated heterocycles. The van der Waals surface area contributed by atoms with Crippen LogP contribution in [0.25, 0.3) is 0 Å². The van der Waals surface area contributed by atoms with Crippen LogP contribution in [0.15, 0.2) is 36.4 Å². The summed E-state index contributed by atoms with van der Waals surface area (Å²) in [6.45, 7) is 1.92. The molecule has 1 N–H and O–H groups in total. The van der Waals surface area contributed by atoms with Gasteiger partial charge in [-0.05, 0) is 31.9 Å². The van der Waals surface area contributed by atoms with Gasteiger partial charge in [0.1, 0.15) is 0 Å². The summed E-state index contributed by atoms with van der Waals surface area (Å²) in [5, 5.41) is 13.8. The number of carbonyl (C=O) groups excluding carboxylic acids is 3. The first-order chi connectivity index (χ1) is 11.0. The first-order valence-corrected chi connectivity index (χ1v) is 7.47. The molecule has 0 radical (unpaired) electrons. The van der Waals surface area contributed by atoms with E-state index in [-0.39, 0.29) is 18.6 Å². The van der Waals surface area contributed by atoms with Gasteiger partial charge in [-0.25, -0.2) is 4.79 Å². The number of aliphatic carboxylic acids is 1. The number of anilines is 1. The Labute approximate surface area is 134 Å². The summed E-state index contributed by atoms with van der Waals surface area (Å²) in [4.78, 5) is 35.5. The van der Waals surface area contributed by atoms with Gasteiger partial charge in [0.25, 0.3) is 0 Å². The van der Waals surface area contributed by atoms with Crippen molar-refractivity contribution in [2.75, 3.05) is 11.9 Å². The van der Waals surface area contributed by atoms with E-state index in [1.807, 2.05) is 0 Å². The van der Waals surface area contributed by atoms with Gasteiger partial charge in [-0.1, -0.05) is 24.3 Å². The third-order valence-electron chi connectivity index (χ3n) is 3.75. The third-order valence-corrected chi connectivity index (χ3v) is 3.75. The summed E-state index contributed by atoms with van der Waals surface area (Å²) in [7, 11) is 0. The lowest BCUT2D eigenvalue weighted by molar-refractivity contribution is -0.313. The van der Waals surface area contributed by atoms with E-state index in [9.17, 15) is 19.5 Å². The molecule has 1 aliphatic rings. The normalized spacial score (nSPS) is 19.9. The van der Waals surface area contributed by atoms with E-state index < -0.39 is 29.7 Å². The molecule has 6 heteroatoms. The average Bonchev–Trinajstić information content (AvgIpc) is 2.55. The predicted molar refractivity (Wildman–Crippen MR) is 81.4 cm³/mol. The number of benzene rings is 1. The van der Waals surface area contributed by atoms with E-state index in [4.69, 9.17) is 4.74 Å². The molecule has 0 saturated carbocycles. The minimum absolute atomic E-state index is 0.224. The van der Waals surface area contributed by atoms with Crippen molar-refractivity contribution >= 4 is 23.5 Å². The van der Waals surface area contributed by atoms with Crippen molar-refractivity contribution in [3.8, 4) is 0 Å². The number of rotatable bonds is 5. The molecule has 1 aliphatic carbocycles. The fourth-order valence-electron chi connectivity index (χ4n) is 2.57. The molecule has 0 unspecified atom stereocenters. The van der Waals surface area contributed by atoms with Gasteiger partial charge in [-0.3, -0.25) is 4.79 Å². The average molecular weight is 316 g/mol. The zero-order chi connectivity index (χ0) is 16.8. The largest absolute Gasteiger partial charge is 0.550 e. The zero-order valence-electron chi connectivity index (χ0n) is 12.8. The molecular weight excluding hydrogens is 298 g/mol. The van der Waals surface area contributed by atoms with Gasteiger partial charge >= 0.3 is 5.97 Å². The Hall–Kier alpha value is -2.63. The van der Waals surface area contributed by atoms with Gasteiger partial charge in [-0.2, -0.15) is 0 Å². The van der Waals surface area contributed by atoms with Gasteiger partial charge in [-0.15, -0.1) is 0 Å². The quantitative estimate of drug-likeness (QED) is 0.649. The lowest BCUT2D eigenvalue weighted by Crippen LogP contribution is -2.41. The smallest absolute Gasteiger partial charge is 0.340 e. The topological polar surface area (TPSA) is 95.5 Å². The number of nitrogens with one attached hydrogen (secondary N) is 1. The zero-order valence-corrected chi connectivity index (χ0v) is 12.8. The number of hydrogen-bond donors (Lipinski definition) is 1. The third kappa shape index (κ3) is 3.97. The molecule has 2 atom stereocenters. The number of esters is 1. The van der Waals surface area contributed by atoms with Crippen LogP contribution >= 0.6 is 0 Å². The molecule has 0 aliphatic heterocycles. The predicted octanol–water partition coefficient (Wildman–Crippen LogP) is 1.13. The van der Waals surface area contributed by atoms with Gasteiger partial charge in [0.15, 0.2) is 0 Å². The van der Waals surface area contributed by atoms with Gasteiger partial charge in [0.05, 0.1) is 23.8 Å². The molecule has 122 valence electrons. The Kier molecular flexibility index (Phi) is 5.51. The van der Waals surface area contributed by atoms with Crippen molar-refractivity contribution in [1.82, 2.24) is 0 Å². The minimum atomic E-state index is -1.24. The van der Waals surface area contributed by atoms with Crippen molar-refractivity contribution < 1.29 is 24.2 Å². The SMILES string of the molecule is CCOC(=O)c1ccccc1NC(=O)[C@@H]1CC=CC[C@H]1C(=O)[O-]. The number of hydrogen-bond acceptors (Lipinski definition) is 5. The fraction of sp³-hybridized carbons (Fsp3) is 0.353. The van der Waals surface area contributed by atoms with Crippen LogP contribution in [0.2, 0.25) is 0 Å². The molecule has 23 heavy (non-hydrogen) atoms. The summed E-state index contributed by atoms with van der Waals surface area (Å²) in [6.07, 6.45) is 4.10. The summed E-state index contributed by atoms with van der Waals surface area (Å²) >= 11 is 0. The molecule has 1 aromatic carbocycles. The second kappa shape index (κ2) is 7.58. The molecule has 0 fully saturated rings. The van der Waals surface area contributed by atoms with Crippen LogP contribution in [0.3, 0.4) is 0 Å². The molecule has 0 aromatic heterocycles. The highest BCUT2D eigenvalue weighted by molar-refractivity contribution is 6.02. The Bertz CT molecular complexity index is 638. The van der Waals surface area contributed by atoms with Crippen LogP contribution in [0, 0.1) is 11.8 Å². The summed E-state index contributed by atoms with van der Waals surface area (Å²) < 4.78 is 4.95. The molecule has 6 nitrogen and oxygen atoms in total. The maximum Gasteiger partial charge on any atom is 0.340 e. The fourth-order valence-corrected chi connectivity index (χ4v) is 2.57. The second-order valence-corrected chi connectivity index (χ2v) is 5.23. The molecule has 2 rings (SSSR count). The number of carboxylic acid groups (broad SMARTS) is 1. The number of carbonyl (C=O) groups is 3. The monoisotopic (exact) mass is 316 g/mol. The minimum Gasteiger partial charge on any atom is -0.550 e. The summed E-state index contributed by atoms with van der Waals surface area (Å²) in [6, 6.07) is 6.46. The first-order valence-electron chi connectivity index (χ1n) is 7.47. The Morgan fingerprint density at radius 1 is 1.17 bits per heavy atom. The van der Waals surface area contributed by atoms with E-state index >= 15 is 0 Å². The summed E-state index contributed by atoms with van der Waals surface area (Å²) in [5.74, 6) is -3.81. The molecule has 0 spiro atoms. The van der Waals surface area contributed by atoms with E-state index in [0.29, 0.717) is 12.1 Å². The van der Waals surface area contributed by atoms with Crippen molar-refractivity contribution in [2.24, 2.45) is 11.8 Å². The van der Waals surface area contributed by atoms with Crippen molar-refractivity contribution in [3.63, 3.8) is 0 Å². The molecule has 0 heterocycles. The van der Waals surface area contributed by atoms with Crippen LogP contribution in [0.4, 0.5) is 5.69 Å². The number of allylic oxidation sites excluding steroid dienone is 2. The van der Waals surface area contributed by atoms with Crippen molar-refractivity contribution in [1.29, 1.82) is 0 Å². The van der Waals surface area contributed by atoms with E-state index in [1.165, 1.54) is 0 Å². The highest BCUT2D eigenvalue weighted by Crippen LogP contribution is 2.27. The maximum atomic E-state index is 12.4. The molecular formula is C17H18NO5-. The van der Waals surface area contributed by atoms with E-state index in [2.05, 4.69) is 5.32 Å². The van der Waals surface area contributed by atoms with Gasteiger partial charge < -0.3 is 20.0 Å². The lowest BCUT2D eigenvalue weighted by Gasteiger charge is -2.28. The van der Waals surface area contributed by atoms with Crippen molar-refractivity contribution in [2.45, 2.75) is 19.8 Å². The molecule has 1 aromatic rings. The Balaban J connectivity index is 2.18. The summed E-state index contributed by atoms with van der Waals surface area (Å²) in [5.41, 5.74) is 0.543.